The maximum absolute atomic E-state index is 3.44. The van der Waals surface area contributed by atoms with Gasteiger partial charge in [0.25, 0.3) is 0 Å². The van der Waals surface area contributed by atoms with Crippen LogP contribution in [-0.2, 0) is 0 Å². The molecule has 2 rings (SSSR count). The summed E-state index contributed by atoms with van der Waals surface area (Å²) in [7, 11) is 0. The molecule has 0 unspecified atom stereocenters. The van der Waals surface area contributed by atoms with Gasteiger partial charge in [0, 0.05) is 19.1 Å². The summed E-state index contributed by atoms with van der Waals surface area (Å²) in [4.78, 5) is 2.44. The zero-order valence-corrected chi connectivity index (χ0v) is 8.25. The Bertz CT molecular complexity index is 296. The van der Waals surface area contributed by atoms with Crippen LogP contribution in [0.1, 0.15) is 13.8 Å². The summed E-state index contributed by atoms with van der Waals surface area (Å²) in [6, 6.07) is 9.10. The minimum atomic E-state index is 0.597. The lowest BCUT2D eigenvalue weighted by Gasteiger charge is -2.36. The number of hydrogen-bond acceptors (Lipinski definition) is 2. The quantitative estimate of drug-likeness (QED) is 0.706. The van der Waals surface area contributed by atoms with Crippen molar-refractivity contribution >= 4 is 11.4 Å². The van der Waals surface area contributed by atoms with E-state index in [1.54, 1.807) is 0 Å². The molecule has 1 N–H and O–H groups in total. The molecule has 0 radical (unpaired) electrons. The fourth-order valence-electron chi connectivity index (χ4n) is 1.96. The van der Waals surface area contributed by atoms with Gasteiger partial charge in [-0.25, -0.2) is 0 Å². The van der Waals surface area contributed by atoms with E-state index in [1.807, 2.05) is 0 Å². The van der Waals surface area contributed by atoms with Crippen molar-refractivity contribution < 1.29 is 0 Å². The Morgan fingerprint density at radius 3 is 3.00 bits per heavy atom. The van der Waals surface area contributed by atoms with E-state index < -0.39 is 0 Å². The molecule has 0 bridgehead atoms. The minimum absolute atomic E-state index is 0.597. The maximum Gasteiger partial charge on any atom is 0.0604 e. The molecule has 0 spiro atoms. The predicted octanol–water partition coefficient (Wildman–Crippen LogP) is 2.33. The highest BCUT2D eigenvalue weighted by atomic mass is 15.2. The van der Waals surface area contributed by atoms with Crippen LogP contribution in [0, 0.1) is 0 Å². The van der Waals surface area contributed by atoms with Gasteiger partial charge in [0.2, 0.25) is 0 Å². The van der Waals surface area contributed by atoms with Gasteiger partial charge in [-0.05, 0) is 26.0 Å². The van der Waals surface area contributed by atoms with E-state index in [2.05, 4.69) is 48.3 Å². The molecule has 1 aliphatic heterocycles. The third-order valence-electron chi connectivity index (χ3n) is 2.67. The number of anilines is 2. The molecule has 0 fully saturated rings. The third kappa shape index (κ3) is 1.37. The van der Waals surface area contributed by atoms with Crippen molar-refractivity contribution in [3.8, 4) is 0 Å². The van der Waals surface area contributed by atoms with Crippen LogP contribution < -0.4 is 10.2 Å². The predicted molar refractivity (Wildman–Crippen MR) is 57.4 cm³/mol. The van der Waals surface area contributed by atoms with Gasteiger partial charge in [0.1, 0.15) is 0 Å². The van der Waals surface area contributed by atoms with E-state index in [0.29, 0.717) is 6.04 Å². The monoisotopic (exact) mass is 176 g/mol. The minimum Gasteiger partial charge on any atom is -0.381 e. The fourth-order valence-corrected chi connectivity index (χ4v) is 1.96. The van der Waals surface area contributed by atoms with Gasteiger partial charge in [-0.2, -0.15) is 0 Å². The first kappa shape index (κ1) is 8.42. The third-order valence-corrected chi connectivity index (χ3v) is 2.67. The fraction of sp³-hybridized carbons (Fsp3) is 0.455. The van der Waals surface area contributed by atoms with Gasteiger partial charge >= 0.3 is 0 Å². The summed E-state index contributed by atoms with van der Waals surface area (Å²) in [5.74, 6) is 0. The van der Waals surface area contributed by atoms with Crippen molar-refractivity contribution in [2.45, 2.75) is 19.9 Å². The number of hydrogen-bond donors (Lipinski definition) is 1. The zero-order chi connectivity index (χ0) is 9.26. The Kier molecular flexibility index (Phi) is 2.13. The molecule has 0 aromatic heterocycles. The number of para-hydroxylation sites is 2. The molecule has 1 aromatic rings. The second-order valence-electron chi connectivity index (χ2n) is 3.53. The molecular weight excluding hydrogens is 160 g/mol. The van der Waals surface area contributed by atoms with Gasteiger partial charge in [0.05, 0.1) is 11.4 Å². The number of nitrogens with zero attached hydrogens (tertiary/aromatic N) is 1. The van der Waals surface area contributed by atoms with E-state index in [0.717, 1.165) is 13.1 Å². The lowest BCUT2D eigenvalue weighted by atomic mass is 10.1. The first-order valence-electron chi connectivity index (χ1n) is 4.92. The molecule has 0 saturated carbocycles. The van der Waals surface area contributed by atoms with Crippen LogP contribution >= 0.6 is 0 Å². The van der Waals surface area contributed by atoms with Crippen LogP contribution in [0.4, 0.5) is 11.4 Å². The highest BCUT2D eigenvalue weighted by molar-refractivity contribution is 5.72. The van der Waals surface area contributed by atoms with Crippen molar-refractivity contribution in [1.82, 2.24) is 0 Å². The molecule has 1 atom stereocenters. The van der Waals surface area contributed by atoms with E-state index in [9.17, 15) is 0 Å². The van der Waals surface area contributed by atoms with Crippen molar-refractivity contribution in [1.29, 1.82) is 0 Å². The number of benzene rings is 1. The number of likely N-dealkylation sites (N-methyl/N-ethyl adjacent to an activating group) is 1. The SMILES string of the molecule is CCN1c2ccccc2NC[C@@H]1C. The smallest absolute Gasteiger partial charge is 0.0604 e. The Morgan fingerprint density at radius 1 is 1.46 bits per heavy atom. The molecule has 1 aromatic carbocycles. The van der Waals surface area contributed by atoms with E-state index in [4.69, 9.17) is 0 Å². The highest BCUT2D eigenvalue weighted by Crippen LogP contribution is 2.30. The van der Waals surface area contributed by atoms with E-state index >= 15 is 0 Å². The second-order valence-corrected chi connectivity index (χ2v) is 3.53. The summed E-state index contributed by atoms with van der Waals surface area (Å²) in [5.41, 5.74) is 2.60. The zero-order valence-electron chi connectivity index (χ0n) is 8.25. The van der Waals surface area contributed by atoms with Crippen molar-refractivity contribution in [2.24, 2.45) is 0 Å². The van der Waals surface area contributed by atoms with Crippen LogP contribution in [0.2, 0.25) is 0 Å². The first-order chi connectivity index (χ1) is 6.33. The van der Waals surface area contributed by atoms with Gasteiger partial charge in [-0.3, -0.25) is 0 Å². The van der Waals surface area contributed by atoms with Crippen molar-refractivity contribution in [3.05, 3.63) is 24.3 Å². The summed E-state index contributed by atoms with van der Waals surface area (Å²) >= 11 is 0. The van der Waals surface area contributed by atoms with Gasteiger partial charge < -0.3 is 10.2 Å². The summed E-state index contributed by atoms with van der Waals surface area (Å²) < 4.78 is 0. The van der Waals surface area contributed by atoms with E-state index in [-0.39, 0.29) is 0 Å². The molecule has 0 saturated heterocycles. The van der Waals surface area contributed by atoms with Gasteiger partial charge in [-0.15, -0.1) is 0 Å². The lowest BCUT2D eigenvalue weighted by molar-refractivity contribution is 0.659. The average molecular weight is 176 g/mol. The van der Waals surface area contributed by atoms with Crippen molar-refractivity contribution in [2.75, 3.05) is 23.3 Å². The normalized spacial score (nSPS) is 20.8. The largest absolute Gasteiger partial charge is 0.381 e. The Morgan fingerprint density at radius 2 is 2.23 bits per heavy atom. The number of fused-ring (bicyclic) bond motifs is 1. The van der Waals surface area contributed by atoms with E-state index in [1.165, 1.54) is 11.4 Å². The summed E-state index contributed by atoms with van der Waals surface area (Å²) in [6.45, 7) is 6.59. The summed E-state index contributed by atoms with van der Waals surface area (Å²) in [6.07, 6.45) is 0. The lowest BCUT2D eigenvalue weighted by Crippen LogP contribution is -2.41. The topological polar surface area (TPSA) is 15.3 Å². The Balaban J connectivity index is 2.39. The molecule has 0 aliphatic carbocycles. The molecule has 70 valence electrons. The highest BCUT2D eigenvalue weighted by Gasteiger charge is 2.19. The van der Waals surface area contributed by atoms with Crippen LogP contribution in [0.5, 0.6) is 0 Å². The second kappa shape index (κ2) is 3.29. The Labute approximate surface area is 79.6 Å². The molecule has 1 heterocycles. The van der Waals surface area contributed by atoms with Crippen LogP contribution in [-0.4, -0.2) is 19.1 Å². The molecule has 13 heavy (non-hydrogen) atoms. The van der Waals surface area contributed by atoms with Crippen molar-refractivity contribution in [3.63, 3.8) is 0 Å². The van der Waals surface area contributed by atoms with Crippen LogP contribution in [0.3, 0.4) is 0 Å². The summed E-state index contributed by atoms with van der Waals surface area (Å²) in [5, 5.41) is 3.44. The molecule has 1 aliphatic rings. The van der Waals surface area contributed by atoms with Gasteiger partial charge in [0.15, 0.2) is 0 Å². The number of nitrogens with one attached hydrogen (secondary N) is 1. The molecule has 2 nitrogen and oxygen atoms in total. The van der Waals surface area contributed by atoms with Crippen LogP contribution in [0.25, 0.3) is 0 Å². The molecule has 0 amide bonds. The van der Waals surface area contributed by atoms with Gasteiger partial charge in [-0.1, -0.05) is 12.1 Å². The molecular formula is C11H16N2. The number of rotatable bonds is 1. The Hall–Kier alpha value is -1.18. The maximum atomic E-state index is 3.44. The standard InChI is InChI=1S/C11H16N2/c1-3-13-9(2)8-12-10-6-4-5-7-11(10)13/h4-7,9,12H,3,8H2,1-2H3/t9-/m0/s1. The van der Waals surface area contributed by atoms with Crippen LogP contribution in [0.15, 0.2) is 24.3 Å². The molecule has 2 heteroatoms. The average Bonchev–Trinajstić information content (AvgIpc) is 2.18. The first-order valence-corrected chi connectivity index (χ1v) is 4.92.